The Morgan fingerprint density at radius 1 is 1.23 bits per heavy atom. The Labute approximate surface area is 185 Å². The molecule has 31 heavy (non-hydrogen) atoms. The van der Waals surface area contributed by atoms with Crippen LogP contribution in [0.25, 0.3) is 0 Å². The van der Waals surface area contributed by atoms with E-state index in [1.165, 1.54) is 4.90 Å². The molecule has 1 aliphatic heterocycles. The topological polar surface area (TPSA) is 87.7 Å². The van der Waals surface area contributed by atoms with Crippen LogP contribution in [0.4, 0.5) is 4.79 Å². The van der Waals surface area contributed by atoms with E-state index < -0.39 is 23.8 Å². The summed E-state index contributed by atoms with van der Waals surface area (Å²) in [6.07, 6.45) is 4.41. The van der Waals surface area contributed by atoms with Gasteiger partial charge in [0.2, 0.25) is 11.8 Å². The number of rotatable bonds is 8. The Kier molecular flexibility index (Phi) is 9.09. The molecule has 1 fully saturated rings. The Balaban J connectivity index is 2.09. The number of nitrogens with zero attached hydrogens (tertiary/aromatic N) is 1. The van der Waals surface area contributed by atoms with Crippen LogP contribution in [0.2, 0.25) is 0 Å². The molecular weight excluding hydrogens is 394 g/mol. The van der Waals surface area contributed by atoms with E-state index in [1.54, 1.807) is 26.8 Å². The van der Waals surface area contributed by atoms with Crippen molar-refractivity contribution in [2.45, 2.75) is 70.6 Å². The summed E-state index contributed by atoms with van der Waals surface area (Å²) >= 11 is 0. The number of carbonyl (C=O) groups is 3. The largest absolute Gasteiger partial charge is 0.444 e. The van der Waals surface area contributed by atoms with Crippen molar-refractivity contribution in [3.05, 3.63) is 48.6 Å². The second-order valence-corrected chi connectivity index (χ2v) is 8.80. The van der Waals surface area contributed by atoms with Crippen molar-refractivity contribution in [3.63, 3.8) is 0 Å². The van der Waals surface area contributed by atoms with Crippen molar-refractivity contribution in [1.82, 2.24) is 15.5 Å². The maximum atomic E-state index is 13.1. The van der Waals surface area contributed by atoms with Crippen LogP contribution in [0.3, 0.4) is 0 Å². The van der Waals surface area contributed by atoms with Crippen molar-refractivity contribution < 1.29 is 19.1 Å². The molecule has 1 heterocycles. The van der Waals surface area contributed by atoms with Crippen molar-refractivity contribution >= 4 is 17.9 Å². The summed E-state index contributed by atoms with van der Waals surface area (Å²) in [6, 6.07) is 8.47. The molecule has 170 valence electrons. The second kappa shape index (κ2) is 11.5. The lowest BCUT2D eigenvalue weighted by molar-refractivity contribution is -0.132. The fourth-order valence-corrected chi connectivity index (χ4v) is 3.53. The van der Waals surface area contributed by atoms with E-state index in [2.05, 4.69) is 17.2 Å². The molecule has 0 spiro atoms. The molecule has 0 bridgehead atoms. The van der Waals surface area contributed by atoms with Crippen LogP contribution in [0, 0.1) is 0 Å². The van der Waals surface area contributed by atoms with Crippen LogP contribution in [0.5, 0.6) is 0 Å². The molecule has 0 unspecified atom stereocenters. The number of aryl methyl sites for hydroxylation is 1. The maximum Gasteiger partial charge on any atom is 0.410 e. The first-order chi connectivity index (χ1) is 14.7. The van der Waals surface area contributed by atoms with Crippen LogP contribution < -0.4 is 10.6 Å². The lowest BCUT2D eigenvalue weighted by atomic mass is 10.00. The van der Waals surface area contributed by atoms with Crippen LogP contribution in [0.1, 0.15) is 52.0 Å². The van der Waals surface area contributed by atoms with E-state index in [4.69, 9.17) is 4.74 Å². The van der Waals surface area contributed by atoms with Gasteiger partial charge in [0.05, 0.1) is 0 Å². The van der Waals surface area contributed by atoms with E-state index in [1.807, 2.05) is 30.3 Å². The predicted octanol–water partition coefficient (Wildman–Crippen LogP) is 3.20. The van der Waals surface area contributed by atoms with Gasteiger partial charge in [0.15, 0.2) is 0 Å². The van der Waals surface area contributed by atoms with E-state index in [-0.39, 0.29) is 11.8 Å². The SMILES string of the molecule is C=CCNC(=O)[C@@H](CCc1ccccc1)NC(=O)[C@@H]1CCCCN1C(=O)OC(C)(C)C. The number of piperidine rings is 1. The minimum Gasteiger partial charge on any atom is -0.444 e. The van der Waals surface area contributed by atoms with E-state index in [0.717, 1.165) is 18.4 Å². The van der Waals surface area contributed by atoms with Gasteiger partial charge in [0.1, 0.15) is 17.7 Å². The number of hydrogen-bond acceptors (Lipinski definition) is 4. The summed E-state index contributed by atoms with van der Waals surface area (Å²) < 4.78 is 5.49. The molecule has 2 N–H and O–H groups in total. The van der Waals surface area contributed by atoms with Crippen molar-refractivity contribution in [3.8, 4) is 0 Å². The Bertz CT molecular complexity index is 758. The highest BCUT2D eigenvalue weighted by molar-refractivity contribution is 5.91. The minimum atomic E-state index is -0.699. The predicted molar refractivity (Wildman–Crippen MR) is 120 cm³/mol. The second-order valence-electron chi connectivity index (χ2n) is 8.80. The van der Waals surface area contributed by atoms with Gasteiger partial charge in [-0.25, -0.2) is 4.79 Å². The molecular formula is C24H35N3O4. The summed E-state index contributed by atoms with van der Waals surface area (Å²) in [7, 11) is 0. The standard InChI is InChI=1S/C24H35N3O4/c1-5-16-25-21(28)19(15-14-18-11-7-6-8-12-18)26-22(29)20-13-9-10-17-27(20)23(30)31-24(2,3)4/h5-8,11-12,19-20H,1,9-10,13-17H2,2-4H3,(H,25,28)(H,26,29)/t19-,20+/m1/s1. The third kappa shape index (κ3) is 8.07. The lowest BCUT2D eigenvalue weighted by Gasteiger charge is -2.36. The zero-order valence-corrected chi connectivity index (χ0v) is 18.9. The summed E-state index contributed by atoms with van der Waals surface area (Å²) in [5.41, 5.74) is 0.449. The average Bonchev–Trinajstić information content (AvgIpc) is 2.74. The fourth-order valence-electron chi connectivity index (χ4n) is 3.53. The molecule has 0 aliphatic carbocycles. The van der Waals surface area contributed by atoms with Gasteiger partial charge in [-0.15, -0.1) is 6.58 Å². The van der Waals surface area contributed by atoms with Gasteiger partial charge < -0.3 is 15.4 Å². The minimum absolute atomic E-state index is 0.260. The van der Waals surface area contributed by atoms with Gasteiger partial charge in [0.25, 0.3) is 0 Å². The number of amides is 3. The Hall–Kier alpha value is -2.83. The number of carbonyl (C=O) groups excluding carboxylic acids is 3. The van der Waals surface area contributed by atoms with E-state index in [0.29, 0.717) is 32.4 Å². The highest BCUT2D eigenvalue weighted by Gasteiger charge is 2.36. The average molecular weight is 430 g/mol. The summed E-state index contributed by atoms with van der Waals surface area (Å²) in [4.78, 5) is 39.9. The molecule has 3 amide bonds. The zero-order chi connectivity index (χ0) is 22.9. The third-order valence-electron chi connectivity index (χ3n) is 5.05. The monoisotopic (exact) mass is 429 g/mol. The smallest absolute Gasteiger partial charge is 0.410 e. The molecule has 0 saturated carbocycles. The van der Waals surface area contributed by atoms with Crippen LogP contribution in [-0.2, 0) is 20.7 Å². The number of nitrogens with one attached hydrogen (secondary N) is 2. The highest BCUT2D eigenvalue weighted by atomic mass is 16.6. The van der Waals surface area contributed by atoms with Gasteiger partial charge in [-0.05, 0) is 58.4 Å². The van der Waals surface area contributed by atoms with Crippen molar-refractivity contribution in [2.75, 3.05) is 13.1 Å². The van der Waals surface area contributed by atoms with E-state index in [9.17, 15) is 14.4 Å². The van der Waals surface area contributed by atoms with Crippen molar-refractivity contribution in [1.29, 1.82) is 0 Å². The molecule has 2 atom stereocenters. The van der Waals surface area contributed by atoms with Gasteiger partial charge in [-0.1, -0.05) is 36.4 Å². The first-order valence-electron chi connectivity index (χ1n) is 10.9. The normalized spacial score (nSPS) is 17.4. The third-order valence-corrected chi connectivity index (χ3v) is 5.05. The molecule has 0 aromatic heterocycles. The number of hydrogen-bond donors (Lipinski definition) is 2. The molecule has 1 aromatic rings. The summed E-state index contributed by atoms with van der Waals surface area (Å²) in [5.74, 6) is -0.582. The summed E-state index contributed by atoms with van der Waals surface area (Å²) in [5, 5.41) is 5.64. The lowest BCUT2D eigenvalue weighted by Crippen LogP contribution is -2.57. The van der Waals surface area contributed by atoms with Gasteiger partial charge in [0, 0.05) is 13.1 Å². The first kappa shape index (κ1) is 24.4. The quantitative estimate of drug-likeness (QED) is 0.621. The number of ether oxygens (including phenoxy) is 1. The first-order valence-corrected chi connectivity index (χ1v) is 10.9. The molecule has 7 nitrogen and oxygen atoms in total. The van der Waals surface area contributed by atoms with Gasteiger partial charge >= 0.3 is 6.09 Å². The van der Waals surface area contributed by atoms with Crippen LogP contribution >= 0.6 is 0 Å². The molecule has 0 radical (unpaired) electrons. The number of benzene rings is 1. The highest BCUT2D eigenvalue weighted by Crippen LogP contribution is 2.21. The Morgan fingerprint density at radius 2 is 1.94 bits per heavy atom. The van der Waals surface area contributed by atoms with Gasteiger partial charge in [-0.3, -0.25) is 14.5 Å². The molecule has 1 aromatic carbocycles. The summed E-state index contributed by atoms with van der Waals surface area (Å²) in [6.45, 7) is 9.80. The van der Waals surface area contributed by atoms with Crippen LogP contribution in [-0.4, -0.2) is 53.6 Å². The zero-order valence-electron chi connectivity index (χ0n) is 18.9. The Morgan fingerprint density at radius 3 is 2.58 bits per heavy atom. The molecule has 1 saturated heterocycles. The maximum absolute atomic E-state index is 13.1. The van der Waals surface area contributed by atoms with E-state index >= 15 is 0 Å². The fraction of sp³-hybridized carbons (Fsp3) is 0.542. The number of likely N-dealkylation sites (tertiary alicyclic amines) is 1. The molecule has 2 rings (SSSR count). The van der Waals surface area contributed by atoms with Gasteiger partial charge in [-0.2, -0.15) is 0 Å². The van der Waals surface area contributed by atoms with Crippen LogP contribution in [0.15, 0.2) is 43.0 Å². The van der Waals surface area contributed by atoms with Crippen molar-refractivity contribution in [2.24, 2.45) is 0 Å². The molecule has 7 heteroatoms. The molecule has 1 aliphatic rings.